The molecule has 12 aromatic carbocycles. The lowest BCUT2D eigenvalue weighted by atomic mass is 9.74. The molecular weight excluding hydrogens is 2050 g/mol. The zero-order chi connectivity index (χ0) is 102. The predicted molar refractivity (Wildman–Crippen MR) is 589 cm³/mol. The minimum atomic E-state index is -3.03. The van der Waals surface area contributed by atoms with E-state index >= 15 is 0 Å². The molecular formula is C115H119BBr2N8O16S4. The third kappa shape index (κ3) is 21.2. The number of carbonyl (C=O) groups is 1. The van der Waals surface area contributed by atoms with Crippen LogP contribution in [-0.2, 0) is 43.0 Å². The molecule has 146 heavy (non-hydrogen) atoms. The van der Waals surface area contributed by atoms with Crippen LogP contribution in [0.2, 0.25) is 0 Å². The van der Waals surface area contributed by atoms with Crippen molar-refractivity contribution in [2.24, 2.45) is 5.16 Å². The Balaban J connectivity index is 0.000000127. The molecule has 0 radical (unpaired) electrons. The number of hydrogen-bond acceptors (Lipinski definition) is 23. The third-order valence-corrected chi connectivity index (χ3v) is 37.9. The highest BCUT2D eigenvalue weighted by Crippen LogP contribution is 2.87. The number of nitrogens with one attached hydrogen (secondary N) is 1. The van der Waals surface area contributed by atoms with Crippen LogP contribution in [0.4, 0.5) is 0 Å². The van der Waals surface area contributed by atoms with Crippen LogP contribution in [-0.4, -0.2) is 153 Å². The Labute approximate surface area is 876 Å². The lowest BCUT2D eigenvalue weighted by Crippen LogP contribution is -2.64. The Hall–Kier alpha value is -12.1. The highest BCUT2D eigenvalue weighted by atomic mass is 79.9. The molecule has 13 N–H and O–H groups in total. The summed E-state index contributed by atoms with van der Waals surface area (Å²) in [4.78, 5) is 38.1. The number of nitrogens with zero attached hydrogens (tertiary/aromatic N) is 7. The van der Waals surface area contributed by atoms with E-state index in [1.165, 1.54) is 22.1 Å². The van der Waals surface area contributed by atoms with Crippen LogP contribution in [0.3, 0.4) is 0 Å². The molecule has 24 nitrogen and oxygen atoms in total. The molecule has 9 aliphatic rings. The number of piperidine rings is 2. The van der Waals surface area contributed by atoms with Gasteiger partial charge in [-0.15, -0.1) is 42.4 Å². The van der Waals surface area contributed by atoms with Gasteiger partial charge < -0.3 is 35.0 Å². The molecule has 31 heteroatoms. The average molecular weight is 2170 g/mol. The van der Waals surface area contributed by atoms with Crippen LogP contribution in [0.15, 0.2) is 472 Å². The number of aromatic nitrogens is 3. The summed E-state index contributed by atoms with van der Waals surface area (Å²) >= 11 is 6.39. The van der Waals surface area contributed by atoms with Gasteiger partial charge in [-0.2, -0.15) is 10.0 Å². The van der Waals surface area contributed by atoms with E-state index < -0.39 is 69.6 Å². The fourth-order valence-corrected chi connectivity index (χ4v) is 29.7. The number of carbonyl (C=O) groups excluding carboxylic acids is 1. The molecule has 0 aliphatic carbocycles. The number of hydrogen-bond donors (Lipinski definition) is 13. The van der Waals surface area contributed by atoms with E-state index in [4.69, 9.17) is 24.8 Å². The molecule has 0 amide bonds. The second kappa shape index (κ2) is 47.0. The second-order valence-corrected chi connectivity index (χ2v) is 45.8. The quantitative estimate of drug-likeness (QED) is 0.00842. The first-order valence-corrected chi connectivity index (χ1v) is 55.2. The predicted octanol–water partition coefficient (Wildman–Crippen LogP) is 24.0. The van der Waals surface area contributed by atoms with Gasteiger partial charge in [0.1, 0.15) is 49.1 Å². The van der Waals surface area contributed by atoms with E-state index in [9.17, 15) is 51.4 Å². The summed E-state index contributed by atoms with van der Waals surface area (Å²) in [6, 6.07) is 125. The minimum Gasteiger partial charge on any atom is -0.868 e. The van der Waals surface area contributed by atoms with Gasteiger partial charge in [0.2, 0.25) is 5.69 Å². The second-order valence-electron chi connectivity index (χ2n) is 35.6. The average Bonchev–Trinajstić information content (AvgIpc) is 1.45. The van der Waals surface area contributed by atoms with E-state index in [0.29, 0.717) is 54.7 Å². The maximum Gasteiger partial charge on any atom is 0.488 e. The summed E-state index contributed by atoms with van der Waals surface area (Å²) in [5.74, 6) is 0.470. The number of ketones is 1. The van der Waals surface area contributed by atoms with E-state index in [0.717, 1.165) is 71.1 Å². The van der Waals surface area contributed by atoms with Gasteiger partial charge in [0.25, 0.3) is 0 Å². The van der Waals surface area contributed by atoms with Gasteiger partial charge in [0.05, 0.1) is 61.6 Å². The summed E-state index contributed by atoms with van der Waals surface area (Å²) in [5.41, 5.74) is 12.4. The number of hydroxylamine groups is 1. The molecule has 12 heterocycles. The third-order valence-electron chi connectivity index (χ3n) is 27.7. The van der Waals surface area contributed by atoms with Gasteiger partial charge in [-0.1, -0.05) is 351 Å². The van der Waals surface area contributed by atoms with Gasteiger partial charge in [-0.3, -0.25) is 60.9 Å². The first-order valence-electron chi connectivity index (χ1n) is 47.1. The van der Waals surface area contributed by atoms with Gasteiger partial charge in [0.15, 0.2) is 18.5 Å². The SMILES string of the molecule is BrCc1ccccc1.C.C=CS(O)(O)c1ccccc1.CO/N=C1\CCC2N3C1(c1ccccc1)CC23S(O)(O)c1ccccc1.CONC1CCC2N3C1(c1ccccc1)CC23S(O)(O)c1ccccc1.O=C1C=CC2N3C1(c1ccccc1)CC23S(O)(O)c1ccccc1.OB(O)c1ccccc1.Oc1cccnc1-c1ccccc1.Oc1cccnc1Br.[O-]c1ccc[n+](Cc2ccccc2)c1-c1ccccc1. The Morgan fingerprint density at radius 1 is 0.486 bits per heavy atom. The normalized spacial score (nSPS) is 24.2. The number of aromatic hydroxyl groups is 2. The molecule has 9 aliphatic heterocycles. The molecule has 756 valence electrons. The number of halogens is 2. The number of oxime groups is 1. The molecule has 8 fully saturated rings. The highest BCUT2D eigenvalue weighted by molar-refractivity contribution is 9.10. The fourth-order valence-electron chi connectivity index (χ4n) is 21.1. The van der Waals surface area contributed by atoms with Crippen LogP contribution in [0.1, 0.15) is 80.2 Å². The van der Waals surface area contributed by atoms with E-state index in [2.05, 4.69) is 130 Å². The number of benzene rings is 12. The summed E-state index contributed by atoms with van der Waals surface area (Å²) < 4.78 is 88.3. The summed E-state index contributed by atoms with van der Waals surface area (Å²) in [7, 11) is -9.73. The van der Waals surface area contributed by atoms with E-state index in [1.54, 1.807) is 130 Å². The van der Waals surface area contributed by atoms with Crippen LogP contribution < -0.4 is 20.6 Å². The molecule has 8 saturated heterocycles. The van der Waals surface area contributed by atoms with Crippen LogP contribution in [0.25, 0.3) is 22.5 Å². The van der Waals surface area contributed by atoms with Crippen molar-refractivity contribution in [2.75, 3.05) is 14.2 Å². The Morgan fingerprint density at radius 2 is 0.911 bits per heavy atom. The van der Waals surface area contributed by atoms with Crippen molar-refractivity contribution in [2.45, 2.75) is 139 Å². The van der Waals surface area contributed by atoms with Gasteiger partial charge >= 0.3 is 7.12 Å². The molecule has 15 aromatic rings. The Kier molecular flexibility index (Phi) is 34.8. The van der Waals surface area contributed by atoms with Crippen molar-refractivity contribution in [3.63, 3.8) is 0 Å². The molecule has 13 atom stereocenters. The van der Waals surface area contributed by atoms with Gasteiger partial charge in [-0.05, 0) is 166 Å². The zero-order valence-electron chi connectivity index (χ0n) is 79.5. The Morgan fingerprint density at radius 3 is 1.36 bits per heavy atom. The number of alkyl halides is 1. The van der Waals surface area contributed by atoms with Crippen molar-refractivity contribution >= 4 is 98.3 Å². The first kappa shape index (κ1) is 108. The number of pyridine rings is 3. The highest BCUT2D eigenvalue weighted by Gasteiger charge is 2.90. The molecule has 0 bridgehead atoms. The minimum absolute atomic E-state index is 0. The van der Waals surface area contributed by atoms with E-state index in [1.807, 2.05) is 264 Å². The van der Waals surface area contributed by atoms with Crippen LogP contribution in [0.5, 0.6) is 17.2 Å². The summed E-state index contributed by atoms with van der Waals surface area (Å²) in [6.07, 6.45) is 14.1. The van der Waals surface area contributed by atoms with Gasteiger partial charge in [0, 0.05) is 71.2 Å². The molecule has 13 unspecified atom stereocenters. The number of rotatable bonds is 20. The maximum absolute atomic E-state index is 12.7. The monoisotopic (exact) mass is 2160 g/mol. The zero-order valence-corrected chi connectivity index (χ0v) is 86.0. The van der Waals surface area contributed by atoms with Crippen LogP contribution in [0, 0.1) is 0 Å². The largest absolute Gasteiger partial charge is 0.868 e. The van der Waals surface area contributed by atoms with Crippen molar-refractivity contribution in [1.82, 2.24) is 30.1 Å². The van der Waals surface area contributed by atoms with Crippen LogP contribution >= 0.6 is 74.2 Å². The van der Waals surface area contributed by atoms with Crippen molar-refractivity contribution in [3.8, 4) is 39.8 Å². The van der Waals surface area contributed by atoms with E-state index in [-0.39, 0.29) is 65.7 Å². The molecule has 0 spiro atoms. The molecule has 24 rings (SSSR count). The first-order chi connectivity index (χ1) is 70.2. The lowest BCUT2D eigenvalue weighted by Gasteiger charge is -2.58. The lowest BCUT2D eigenvalue weighted by molar-refractivity contribution is -0.679. The Bertz CT molecular complexity index is 6860. The summed E-state index contributed by atoms with van der Waals surface area (Å²) in [6.45, 7) is 4.04. The topological polar surface area (TPSA) is 364 Å². The number of fused-ring (bicyclic) bond motifs is 3. The van der Waals surface area contributed by atoms with Gasteiger partial charge in [-0.25, -0.2) is 4.98 Å². The maximum atomic E-state index is 12.7. The van der Waals surface area contributed by atoms with Crippen molar-refractivity contribution in [1.29, 1.82) is 0 Å². The fraction of sp³-hybridized carbons (Fsp3) is 0.191. The standard InChI is InChI=1S/C20H24N2O3S.C20H22N2O3S.C19H17NO3S.C18H15NO.C11H9NO.C8H10O2S.C7H7Br.C6H7BO2.C5H4BrNO.CH4/c2*1-25-21-17-12-13-18-20(26(23,24)16-10-6-3-7-11-16)14-19(17,22(18)20)15-8-4-2-5-9-15;21-17-12-11-16-19(24(22,23)15-9-5-2-6-10-15)13-18(17,20(16)19)14-7-3-1-4-8-14;20-17-12-7-13-19(14-15-8-3-1-4-9-15)18(17)16-10-5-2-6-11-16;13-10-7-4-8-12-11(10)9-5-2-1-3-6-9;1-2-11(9,10)8-6-4-3-5-7-8;8-6-7-4-2-1-3-5-7;8-7(9)6-4-2-1-3-5-6;6-5-4(8)2-1-3-7-5;/h2-11,17-18,21,23-24H,12-14H2,1H3;2-11,18,23-24H,12-14H2,1H3;1-12,16,22-23H,13H2;1-13H,14H2;1-8,13H;2-7,9-10H,1H2;1-5H,6H2;1-5,8-9H;1-3,8H;1H4/b;21-17+;;;;;;;;. The molecule has 0 saturated carbocycles. The summed E-state index contributed by atoms with van der Waals surface area (Å²) in [5, 5.41) is 54.1. The smallest absolute Gasteiger partial charge is 0.488 e. The van der Waals surface area contributed by atoms with Crippen molar-refractivity contribution in [3.05, 3.63) is 476 Å². The van der Waals surface area contributed by atoms with Crippen molar-refractivity contribution < 1.29 is 80.8 Å². The molecule has 3 aromatic heterocycles.